The first-order valence-corrected chi connectivity index (χ1v) is 6.25. The van der Waals surface area contributed by atoms with E-state index in [9.17, 15) is 0 Å². The average molecular weight is 219 g/mol. The van der Waals surface area contributed by atoms with E-state index in [0.717, 1.165) is 18.4 Å². The monoisotopic (exact) mass is 219 g/mol. The Kier molecular flexibility index (Phi) is 5.01. The maximum Gasteiger partial charge on any atom is -0.00235 e. The molecule has 1 N–H and O–H groups in total. The lowest BCUT2D eigenvalue weighted by atomic mass is 9.89. The molecule has 0 fully saturated rings. The highest BCUT2D eigenvalue weighted by Gasteiger charge is 2.12. The standard InChI is InChI=1S/C15H25N/c1-11-6-7-15(8-12(11)2)9-13(3)14(4)10-16-5/h6-8,13-14,16H,9-10H2,1-5H3. The van der Waals surface area contributed by atoms with Gasteiger partial charge >= 0.3 is 0 Å². The smallest absolute Gasteiger partial charge is 0.00235 e. The Labute approximate surface area is 100 Å². The van der Waals surface area contributed by atoms with Crippen LogP contribution >= 0.6 is 0 Å². The van der Waals surface area contributed by atoms with Gasteiger partial charge in [-0.05, 0) is 62.4 Å². The molecule has 0 aromatic heterocycles. The first-order valence-electron chi connectivity index (χ1n) is 6.25. The topological polar surface area (TPSA) is 12.0 Å². The van der Waals surface area contributed by atoms with Crippen molar-refractivity contribution in [1.29, 1.82) is 0 Å². The van der Waals surface area contributed by atoms with Gasteiger partial charge in [0.05, 0.1) is 0 Å². The molecule has 90 valence electrons. The van der Waals surface area contributed by atoms with Crippen molar-refractivity contribution in [2.75, 3.05) is 13.6 Å². The van der Waals surface area contributed by atoms with E-state index in [1.54, 1.807) is 0 Å². The predicted octanol–water partition coefficient (Wildman–Crippen LogP) is 3.34. The average Bonchev–Trinajstić information content (AvgIpc) is 2.24. The van der Waals surface area contributed by atoms with Gasteiger partial charge in [-0.15, -0.1) is 0 Å². The second-order valence-corrected chi connectivity index (χ2v) is 5.13. The van der Waals surface area contributed by atoms with E-state index in [1.165, 1.54) is 23.1 Å². The van der Waals surface area contributed by atoms with Crippen molar-refractivity contribution in [3.8, 4) is 0 Å². The third kappa shape index (κ3) is 3.64. The third-order valence-corrected chi connectivity index (χ3v) is 3.63. The first kappa shape index (κ1) is 13.2. The van der Waals surface area contributed by atoms with E-state index in [-0.39, 0.29) is 0 Å². The third-order valence-electron chi connectivity index (χ3n) is 3.63. The maximum atomic E-state index is 3.25. The summed E-state index contributed by atoms with van der Waals surface area (Å²) in [5.74, 6) is 1.46. The van der Waals surface area contributed by atoms with Crippen LogP contribution in [-0.4, -0.2) is 13.6 Å². The second-order valence-electron chi connectivity index (χ2n) is 5.13. The minimum atomic E-state index is 0.728. The van der Waals surface area contributed by atoms with E-state index in [4.69, 9.17) is 0 Å². The van der Waals surface area contributed by atoms with Crippen LogP contribution in [0.3, 0.4) is 0 Å². The second kappa shape index (κ2) is 6.05. The molecule has 0 radical (unpaired) electrons. The molecule has 0 saturated heterocycles. The lowest BCUT2D eigenvalue weighted by Crippen LogP contribution is -2.23. The van der Waals surface area contributed by atoms with Gasteiger partial charge in [0, 0.05) is 0 Å². The van der Waals surface area contributed by atoms with E-state index in [0.29, 0.717) is 0 Å². The highest BCUT2D eigenvalue weighted by atomic mass is 14.8. The summed E-state index contributed by atoms with van der Waals surface area (Å²) >= 11 is 0. The molecule has 0 amide bonds. The molecule has 2 unspecified atom stereocenters. The molecule has 0 aliphatic rings. The molecule has 0 bridgehead atoms. The normalized spacial score (nSPS) is 14.8. The Bertz CT molecular complexity index is 330. The van der Waals surface area contributed by atoms with Crippen molar-refractivity contribution < 1.29 is 0 Å². The summed E-state index contributed by atoms with van der Waals surface area (Å²) in [5, 5.41) is 3.25. The highest BCUT2D eigenvalue weighted by Crippen LogP contribution is 2.18. The van der Waals surface area contributed by atoms with Gasteiger partial charge in [-0.2, -0.15) is 0 Å². The summed E-state index contributed by atoms with van der Waals surface area (Å²) in [5.41, 5.74) is 4.27. The molecule has 0 saturated carbocycles. The van der Waals surface area contributed by atoms with Crippen LogP contribution in [0.2, 0.25) is 0 Å². The maximum absolute atomic E-state index is 3.25. The van der Waals surface area contributed by atoms with Crippen molar-refractivity contribution >= 4 is 0 Å². The Morgan fingerprint density at radius 3 is 2.31 bits per heavy atom. The summed E-state index contributed by atoms with van der Waals surface area (Å²) < 4.78 is 0. The summed E-state index contributed by atoms with van der Waals surface area (Å²) in [6.45, 7) is 10.1. The zero-order valence-electron chi connectivity index (χ0n) is 11.3. The summed E-state index contributed by atoms with van der Waals surface area (Å²) in [6.07, 6.45) is 1.18. The molecule has 1 rings (SSSR count). The molecule has 0 spiro atoms. The van der Waals surface area contributed by atoms with Gasteiger partial charge in [0.15, 0.2) is 0 Å². The molecule has 0 heterocycles. The number of hydrogen-bond acceptors (Lipinski definition) is 1. The minimum Gasteiger partial charge on any atom is -0.319 e. The highest BCUT2D eigenvalue weighted by molar-refractivity contribution is 5.30. The minimum absolute atomic E-state index is 0.728. The molecule has 16 heavy (non-hydrogen) atoms. The van der Waals surface area contributed by atoms with Crippen LogP contribution in [0.4, 0.5) is 0 Å². The van der Waals surface area contributed by atoms with Gasteiger partial charge in [-0.3, -0.25) is 0 Å². The Morgan fingerprint density at radius 2 is 1.75 bits per heavy atom. The van der Waals surface area contributed by atoms with Gasteiger partial charge in [0.1, 0.15) is 0 Å². The molecule has 0 aliphatic heterocycles. The Hall–Kier alpha value is -0.820. The SMILES string of the molecule is CNCC(C)C(C)Cc1ccc(C)c(C)c1. The molecule has 0 aliphatic carbocycles. The molecular formula is C15H25N. The van der Waals surface area contributed by atoms with E-state index in [2.05, 4.69) is 51.2 Å². The molecule has 1 aromatic carbocycles. The van der Waals surface area contributed by atoms with Crippen molar-refractivity contribution in [2.24, 2.45) is 11.8 Å². The molecular weight excluding hydrogens is 194 g/mol. The number of hydrogen-bond donors (Lipinski definition) is 1. The molecule has 1 heteroatoms. The lowest BCUT2D eigenvalue weighted by molar-refractivity contribution is 0.374. The lowest BCUT2D eigenvalue weighted by Gasteiger charge is -2.20. The van der Waals surface area contributed by atoms with Crippen LogP contribution in [0.1, 0.15) is 30.5 Å². The van der Waals surface area contributed by atoms with Gasteiger partial charge < -0.3 is 5.32 Å². The van der Waals surface area contributed by atoms with Crippen LogP contribution in [0.5, 0.6) is 0 Å². The first-order chi connectivity index (χ1) is 7.54. The van der Waals surface area contributed by atoms with Gasteiger partial charge in [0.2, 0.25) is 0 Å². The predicted molar refractivity (Wildman–Crippen MR) is 71.9 cm³/mol. The fourth-order valence-corrected chi connectivity index (χ4v) is 2.03. The van der Waals surface area contributed by atoms with Crippen LogP contribution in [-0.2, 0) is 6.42 Å². The van der Waals surface area contributed by atoms with Crippen molar-refractivity contribution in [3.05, 3.63) is 34.9 Å². The number of aryl methyl sites for hydroxylation is 2. The largest absolute Gasteiger partial charge is 0.319 e. The van der Waals surface area contributed by atoms with Crippen molar-refractivity contribution in [2.45, 2.75) is 34.1 Å². The molecule has 1 nitrogen and oxygen atoms in total. The summed E-state index contributed by atoms with van der Waals surface area (Å²) in [7, 11) is 2.03. The van der Waals surface area contributed by atoms with Crippen LogP contribution in [0.15, 0.2) is 18.2 Å². The summed E-state index contributed by atoms with van der Waals surface area (Å²) in [4.78, 5) is 0. The zero-order valence-corrected chi connectivity index (χ0v) is 11.3. The van der Waals surface area contributed by atoms with Crippen LogP contribution in [0, 0.1) is 25.7 Å². The van der Waals surface area contributed by atoms with Crippen molar-refractivity contribution in [3.63, 3.8) is 0 Å². The molecule has 2 atom stereocenters. The van der Waals surface area contributed by atoms with Gasteiger partial charge in [0.25, 0.3) is 0 Å². The fraction of sp³-hybridized carbons (Fsp3) is 0.600. The van der Waals surface area contributed by atoms with Crippen molar-refractivity contribution in [1.82, 2.24) is 5.32 Å². The number of benzene rings is 1. The number of rotatable bonds is 5. The quantitative estimate of drug-likeness (QED) is 0.801. The van der Waals surface area contributed by atoms with E-state index in [1.807, 2.05) is 7.05 Å². The van der Waals surface area contributed by atoms with E-state index >= 15 is 0 Å². The Balaban J connectivity index is 2.62. The Morgan fingerprint density at radius 1 is 1.06 bits per heavy atom. The fourth-order valence-electron chi connectivity index (χ4n) is 2.03. The van der Waals surface area contributed by atoms with Gasteiger partial charge in [-0.1, -0.05) is 32.0 Å². The number of nitrogens with one attached hydrogen (secondary N) is 1. The van der Waals surface area contributed by atoms with Crippen LogP contribution < -0.4 is 5.32 Å². The molecule has 1 aromatic rings. The van der Waals surface area contributed by atoms with Gasteiger partial charge in [-0.25, -0.2) is 0 Å². The van der Waals surface area contributed by atoms with Crippen LogP contribution in [0.25, 0.3) is 0 Å². The zero-order chi connectivity index (χ0) is 12.1. The van der Waals surface area contributed by atoms with E-state index < -0.39 is 0 Å². The summed E-state index contributed by atoms with van der Waals surface area (Å²) in [6, 6.07) is 6.84.